The molecule has 2 rings (SSSR count). The Hall–Kier alpha value is -1.55. The first-order valence-corrected chi connectivity index (χ1v) is 6.81. The molecular formula is C15H22N2O2. The zero-order valence-electron chi connectivity index (χ0n) is 11.8. The molecule has 0 aliphatic carbocycles. The first-order valence-electron chi connectivity index (χ1n) is 6.81. The number of likely N-dealkylation sites (N-methyl/N-ethyl adjacent to an activating group) is 1. The van der Waals surface area contributed by atoms with E-state index in [0.29, 0.717) is 0 Å². The van der Waals surface area contributed by atoms with Crippen molar-refractivity contribution >= 4 is 5.91 Å². The van der Waals surface area contributed by atoms with E-state index in [9.17, 15) is 4.79 Å². The van der Waals surface area contributed by atoms with Gasteiger partial charge in [0.15, 0.2) is 6.61 Å². The maximum Gasteiger partial charge on any atom is 0.260 e. The van der Waals surface area contributed by atoms with Crippen molar-refractivity contribution in [1.82, 2.24) is 9.80 Å². The lowest BCUT2D eigenvalue weighted by molar-refractivity contribution is -0.133. The SMILES string of the molecule is Cc1ccccc1OCC(=O)N1CCCN(C)CC1. The Balaban J connectivity index is 1.86. The number of amides is 1. The van der Waals surface area contributed by atoms with E-state index in [2.05, 4.69) is 11.9 Å². The summed E-state index contributed by atoms with van der Waals surface area (Å²) in [6.07, 6.45) is 1.03. The Bertz CT molecular complexity index is 434. The fourth-order valence-electron chi connectivity index (χ4n) is 2.25. The van der Waals surface area contributed by atoms with Crippen molar-refractivity contribution < 1.29 is 9.53 Å². The van der Waals surface area contributed by atoms with Gasteiger partial charge in [-0.25, -0.2) is 0 Å². The molecule has 0 unspecified atom stereocenters. The van der Waals surface area contributed by atoms with Gasteiger partial charge in [-0.1, -0.05) is 18.2 Å². The van der Waals surface area contributed by atoms with Crippen molar-refractivity contribution in [3.05, 3.63) is 29.8 Å². The summed E-state index contributed by atoms with van der Waals surface area (Å²) in [6.45, 7) is 5.75. The zero-order valence-corrected chi connectivity index (χ0v) is 11.8. The van der Waals surface area contributed by atoms with Crippen molar-refractivity contribution in [2.75, 3.05) is 39.8 Å². The molecule has 0 atom stereocenters. The summed E-state index contributed by atoms with van der Waals surface area (Å²) >= 11 is 0. The van der Waals surface area contributed by atoms with Gasteiger partial charge in [-0.2, -0.15) is 0 Å². The number of nitrogens with zero attached hydrogens (tertiary/aromatic N) is 2. The first-order chi connectivity index (χ1) is 9.16. The second kappa shape index (κ2) is 6.57. The van der Waals surface area contributed by atoms with Gasteiger partial charge < -0.3 is 14.5 Å². The second-order valence-corrected chi connectivity index (χ2v) is 5.09. The van der Waals surface area contributed by atoms with Crippen LogP contribution in [0.3, 0.4) is 0 Å². The predicted octanol–water partition coefficient (Wildman–Crippen LogP) is 1.54. The number of ether oxygens (including phenoxy) is 1. The topological polar surface area (TPSA) is 32.8 Å². The zero-order chi connectivity index (χ0) is 13.7. The van der Waals surface area contributed by atoms with Crippen LogP contribution in [0.4, 0.5) is 0 Å². The van der Waals surface area contributed by atoms with E-state index < -0.39 is 0 Å². The average Bonchev–Trinajstić information content (AvgIpc) is 2.62. The van der Waals surface area contributed by atoms with Gasteiger partial charge in [0.05, 0.1) is 0 Å². The first kappa shape index (κ1) is 13.9. The van der Waals surface area contributed by atoms with Crippen LogP contribution in [0.25, 0.3) is 0 Å². The third-order valence-corrected chi connectivity index (χ3v) is 3.52. The molecule has 1 aliphatic rings. The smallest absolute Gasteiger partial charge is 0.260 e. The van der Waals surface area contributed by atoms with Crippen molar-refractivity contribution in [1.29, 1.82) is 0 Å². The highest BCUT2D eigenvalue weighted by Crippen LogP contribution is 2.16. The number of para-hydroxylation sites is 1. The summed E-state index contributed by atoms with van der Waals surface area (Å²) in [5.74, 6) is 0.876. The molecule has 0 bridgehead atoms. The van der Waals surface area contributed by atoms with Crippen LogP contribution in [0.1, 0.15) is 12.0 Å². The Morgan fingerprint density at radius 2 is 2.00 bits per heavy atom. The Morgan fingerprint density at radius 1 is 1.21 bits per heavy atom. The molecule has 1 fully saturated rings. The van der Waals surface area contributed by atoms with Gasteiger partial charge in [0.25, 0.3) is 5.91 Å². The summed E-state index contributed by atoms with van der Waals surface area (Å²) in [6, 6.07) is 7.78. The fourth-order valence-corrected chi connectivity index (χ4v) is 2.25. The summed E-state index contributed by atoms with van der Waals surface area (Å²) in [5.41, 5.74) is 1.06. The molecule has 1 aromatic rings. The molecule has 4 heteroatoms. The Labute approximate surface area is 115 Å². The van der Waals surface area contributed by atoms with Crippen LogP contribution >= 0.6 is 0 Å². The predicted molar refractivity (Wildman–Crippen MR) is 75.4 cm³/mol. The fraction of sp³-hybridized carbons (Fsp3) is 0.533. The number of rotatable bonds is 3. The van der Waals surface area contributed by atoms with Crippen LogP contribution in [0.2, 0.25) is 0 Å². The van der Waals surface area contributed by atoms with E-state index in [1.54, 1.807) is 0 Å². The highest BCUT2D eigenvalue weighted by atomic mass is 16.5. The van der Waals surface area contributed by atoms with Gasteiger partial charge in [-0.3, -0.25) is 4.79 Å². The van der Waals surface area contributed by atoms with Crippen LogP contribution in [-0.2, 0) is 4.79 Å². The highest BCUT2D eigenvalue weighted by molar-refractivity contribution is 5.77. The van der Waals surface area contributed by atoms with Crippen LogP contribution in [-0.4, -0.2) is 55.5 Å². The minimum Gasteiger partial charge on any atom is -0.484 e. The van der Waals surface area contributed by atoms with Crippen molar-refractivity contribution in [3.8, 4) is 5.75 Å². The minimum absolute atomic E-state index is 0.0820. The van der Waals surface area contributed by atoms with Crippen molar-refractivity contribution in [2.45, 2.75) is 13.3 Å². The monoisotopic (exact) mass is 262 g/mol. The number of carbonyl (C=O) groups excluding carboxylic acids is 1. The van der Waals surface area contributed by atoms with Gasteiger partial charge in [0, 0.05) is 19.6 Å². The van der Waals surface area contributed by atoms with E-state index in [-0.39, 0.29) is 12.5 Å². The minimum atomic E-state index is 0.0820. The molecule has 4 nitrogen and oxygen atoms in total. The molecule has 0 N–H and O–H groups in total. The number of aryl methyl sites for hydroxylation is 1. The molecule has 0 spiro atoms. The normalized spacial score (nSPS) is 17.1. The average molecular weight is 262 g/mol. The maximum absolute atomic E-state index is 12.1. The summed E-state index contributed by atoms with van der Waals surface area (Å²) in [7, 11) is 2.10. The lowest BCUT2D eigenvalue weighted by Crippen LogP contribution is -2.37. The molecule has 104 valence electrons. The summed E-state index contributed by atoms with van der Waals surface area (Å²) in [4.78, 5) is 16.3. The standard InChI is InChI=1S/C15H22N2O2/c1-13-6-3-4-7-14(13)19-12-15(18)17-9-5-8-16(2)10-11-17/h3-4,6-7H,5,8-12H2,1-2H3. The molecule has 1 aromatic carbocycles. The molecule has 1 aliphatic heterocycles. The highest BCUT2D eigenvalue weighted by Gasteiger charge is 2.17. The number of hydrogen-bond donors (Lipinski definition) is 0. The second-order valence-electron chi connectivity index (χ2n) is 5.09. The van der Waals surface area contributed by atoms with Crippen molar-refractivity contribution in [3.63, 3.8) is 0 Å². The van der Waals surface area contributed by atoms with Crippen molar-refractivity contribution in [2.24, 2.45) is 0 Å². The molecule has 0 radical (unpaired) electrons. The Kier molecular flexibility index (Phi) is 4.80. The van der Waals surface area contributed by atoms with E-state index >= 15 is 0 Å². The molecule has 1 saturated heterocycles. The van der Waals surface area contributed by atoms with E-state index in [1.807, 2.05) is 36.1 Å². The molecule has 0 aromatic heterocycles. The van der Waals surface area contributed by atoms with Gasteiger partial charge in [-0.15, -0.1) is 0 Å². The number of benzene rings is 1. The molecule has 0 saturated carbocycles. The Morgan fingerprint density at radius 3 is 2.79 bits per heavy atom. The third kappa shape index (κ3) is 3.96. The van der Waals surface area contributed by atoms with Gasteiger partial charge in [0.2, 0.25) is 0 Å². The third-order valence-electron chi connectivity index (χ3n) is 3.52. The van der Waals surface area contributed by atoms with Gasteiger partial charge in [-0.05, 0) is 38.6 Å². The van der Waals surface area contributed by atoms with Crippen LogP contribution in [0.5, 0.6) is 5.75 Å². The van der Waals surface area contributed by atoms with Gasteiger partial charge in [0.1, 0.15) is 5.75 Å². The lowest BCUT2D eigenvalue weighted by Gasteiger charge is -2.20. The lowest BCUT2D eigenvalue weighted by atomic mass is 10.2. The molecule has 1 amide bonds. The molecule has 19 heavy (non-hydrogen) atoms. The van der Waals surface area contributed by atoms with Crippen LogP contribution in [0.15, 0.2) is 24.3 Å². The maximum atomic E-state index is 12.1. The summed E-state index contributed by atoms with van der Waals surface area (Å²) in [5, 5.41) is 0. The number of carbonyl (C=O) groups is 1. The van der Waals surface area contributed by atoms with E-state index in [1.165, 1.54) is 0 Å². The quantitative estimate of drug-likeness (QED) is 0.828. The van der Waals surface area contributed by atoms with E-state index in [0.717, 1.165) is 43.9 Å². The number of hydrogen-bond acceptors (Lipinski definition) is 3. The largest absolute Gasteiger partial charge is 0.484 e. The van der Waals surface area contributed by atoms with Crippen LogP contribution < -0.4 is 4.74 Å². The van der Waals surface area contributed by atoms with Crippen LogP contribution in [0, 0.1) is 6.92 Å². The van der Waals surface area contributed by atoms with Gasteiger partial charge >= 0.3 is 0 Å². The molecular weight excluding hydrogens is 240 g/mol. The summed E-state index contributed by atoms with van der Waals surface area (Å²) < 4.78 is 5.61. The van der Waals surface area contributed by atoms with E-state index in [4.69, 9.17) is 4.74 Å². The molecule has 1 heterocycles.